The summed E-state index contributed by atoms with van der Waals surface area (Å²) in [6.45, 7) is 4.13. The molecule has 1 heterocycles. The predicted octanol–water partition coefficient (Wildman–Crippen LogP) is 5.09. The molecule has 0 saturated carbocycles. The monoisotopic (exact) mass is 388 g/mol. The number of hydrogen-bond acceptors (Lipinski definition) is 4. The molecule has 0 N–H and O–H groups in total. The van der Waals surface area contributed by atoms with Crippen LogP contribution in [0.3, 0.4) is 0 Å². The first-order valence-corrected chi connectivity index (χ1v) is 9.82. The molecule has 4 aromatic rings. The van der Waals surface area contributed by atoms with Crippen molar-refractivity contribution >= 4 is 11.0 Å². The fourth-order valence-electron chi connectivity index (χ4n) is 3.24. The summed E-state index contributed by atoms with van der Waals surface area (Å²) in [7, 11) is 0. The number of hydrogen-bond donors (Lipinski definition) is 0. The van der Waals surface area contributed by atoms with E-state index in [4.69, 9.17) is 19.2 Å². The molecule has 0 aliphatic heterocycles. The molecule has 3 aromatic carbocycles. The fraction of sp³-hybridized carbons (Fsp3) is 0.208. The van der Waals surface area contributed by atoms with Gasteiger partial charge in [-0.3, -0.25) is 0 Å². The van der Waals surface area contributed by atoms with Crippen molar-refractivity contribution in [2.75, 3.05) is 13.2 Å². The van der Waals surface area contributed by atoms with Crippen molar-refractivity contribution in [1.82, 2.24) is 9.55 Å². The van der Waals surface area contributed by atoms with Crippen LogP contribution < -0.4 is 14.2 Å². The number of benzene rings is 3. The van der Waals surface area contributed by atoms with Gasteiger partial charge in [-0.1, -0.05) is 42.5 Å². The average molecular weight is 388 g/mol. The van der Waals surface area contributed by atoms with Gasteiger partial charge in [0.25, 0.3) is 0 Å². The van der Waals surface area contributed by atoms with Gasteiger partial charge >= 0.3 is 0 Å². The zero-order chi connectivity index (χ0) is 19.9. The van der Waals surface area contributed by atoms with E-state index in [1.165, 1.54) is 0 Å². The third-order valence-corrected chi connectivity index (χ3v) is 4.57. The summed E-state index contributed by atoms with van der Waals surface area (Å²) in [5.74, 6) is 3.21. The zero-order valence-corrected chi connectivity index (χ0v) is 16.5. The summed E-state index contributed by atoms with van der Waals surface area (Å²) in [5, 5.41) is 0. The van der Waals surface area contributed by atoms with Gasteiger partial charge in [0.05, 0.1) is 24.2 Å². The van der Waals surface area contributed by atoms with Gasteiger partial charge < -0.3 is 18.8 Å². The third kappa shape index (κ3) is 4.51. The SMILES string of the molecule is CCOc1ccccc1OCCn1c(COc2ccccc2)nc2ccccc21. The van der Waals surface area contributed by atoms with Gasteiger partial charge in [0.15, 0.2) is 11.5 Å². The summed E-state index contributed by atoms with van der Waals surface area (Å²) in [5.41, 5.74) is 2.02. The minimum Gasteiger partial charge on any atom is -0.490 e. The molecule has 0 amide bonds. The van der Waals surface area contributed by atoms with E-state index < -0.39 is 0 Å². The van der Waals surface area contributed by atoms with Gasteiger partial charge in [-0.05, 0) is 43.3 Å². The average Bonchev–Trinajstić information content (AvgIpc) is 3.12. The number of nitrogens with zero attached hydrogens (tertiary/aromatic N) is 2. The van der Waals surface area contributed by atoms with Crippen LogP contribution in [-0.4, -0.2) is 22.8 Å². The fourth-order valence-corrected chi connectivity index (χ4v) is 3.24. The van der Waals surface area contributed by atoms with E-state index in [9.17, 15) is 0 Å². The number of fused-ring (bicyclic) bond motifs is 1. The second kappa shape index (κ2) is 9.15. The van der Waals surface area contributed by atoms with E-state index in [0.29, 0.717) is 26.4 Å². The van der Waals surface area contributed by atoms with Crippen molar-refractivity contribution in [1.29, 1.82) is 0 Å². The molecule has 148 valence electrons. The molecule has 5 nitrogen and oxygen atoms in total. The molecule has 0 spiro atoms. The molecular weight excluding hydrogens is 364 g/mol. The first-order valence-electron chi connectivity index (χ1n) is 9.82. The summed E-state index contributed by atoms with van der Waals surface area (Å²) in [6, 6.07) is 25.6. The van der Waals surface area contributed by atoms with E-state index in [1.807, 2.05) is 79.7 Å². The Hall–Kier alpha value is -3.47. The Morgan fingerprint density at radius 1 is 0.759 bits per heavy atom. The van der Waals surface area contributed by atoms with E-state index in [2.05, 4.69) is 10.6 Å². The minimum atomic E-state index is 0.397. The maximum atomic E-state index is 6.02. The van der Waals surface area contributed by atoms with Crippen LogP contribution in [0.5, 0.6) is 17.2 Å². The van der Waals surface area contributed by atoms with Gasteiger partial charge in [-0.2, -0.15) is 0 Å². The molecular formula is C24H24N2O3. The summed E-state index contributed by atoms with van der Waals surface area (Å²) in [6.07, 6.45) is 0. The van der Waals surface area contributed by atoms with Crippen molar-refractivity contribution in [3.05, 3.63) is 84.7 Å². The molecule has 29 heavy (non-hydrogen) atoms. The first-order chi connectivity index (χ1) is 14.3. The molecule has 0 fully saturated rings. The molecule has 5 heteroatoms. The standard InChI is InChI=1S/C24H24N2O3/c1-2-27-22-14-8-9-15-23(22)28-17-16-26-21-13-7-6-12-20(21)25-24(26)18-29-19-10-4-3-5-11-19/h3-15H,2,16-18H2,1H3. The second-order valence-corrected chi connectivity index (χ2v) is 6.50. The quantitative estimate of drug-likeness (QED) is 0.400. The van der Waals surface area contributed by atoms with Crippen molar-refractivity contribution in [2.24, 2.45) is 0 Å². The Balaban J connectivity index is 1.50. The highest BCUT2D eigenvalue weighted by molar-refractivity contribution is 5.75. The zero-order valence-electron chi connectivity index (χ0n) is 16.5. The van der Waals surface area contributed by atoms with Crippen LogP contribution in [0.2, 0.25) is 0 Å². The Kier molecular flexibility index (Phi) is 5.95. The highest BCUT2D eigenvalue weighted by atomic mass is 16.5. The van der Waals surface area contributed by atoms with E-state index in [0.717, 1.165) is 34.1 Å². The van der Waals surface area contributed by atoms with Crippen molar-refractivity contribution in [2.45, 2.75) is 20.1 Å². The summed E-state index contributed by atoms with van der Waals surface area (Å²) < 4.78 is 19.7. The van der Waals surface area contributed by atoms with Crippen molar-refractivity contribution in [3.63, 3.8) is 0 Å². The molecule has 0 aliphatic rings. The predicted molar refractivity (Wildman–Crippen MR) is 114 cm³/mol. The topological polar surface area (TPSA) is 45.5 Å². The highest BCUT2D eigenvalue weighted by Crippen LogP contribution is 2.26. The van der Waals surface area contributed by atoms with Gasteiger partial charge in [-0.15, -0.1) is 0 Å². The lowest BCUT2D eigenvalue weighted by Crippen LogP contribution is -2.13. The summed E-state index contributed by atoms with van der Waals surface area (Å²) >= 11 is 0. The highest BCUT2D eigenvalue weighted by Gasteiger charge is 2.12. The number of imidazole rings is 1. The summed E-state index contributed by atoms with van der Waals surface area (Å²) in [4.78, 5) is 4.76. The molecule has 0 bridgehead atoms. The Morgan fingerprint density at radius 3 is 2.24 bits per heavy atom. The Morgan fingerprint density at radius 2 is 1.45 bits per heavy atom. The second-order valence-electron chi connectivity index (χ2n) is 6.50. The third-order valence-electron chi connectivity index (χ3n) is 4.57. The van der Waals surface area contributed by atoms with E-state index in [-0.39, 0.29) is 0 Å². The van der Waals surface area contributed by atoms with E-state index >= 15 is 0 Å². The smallest absolute Gasteiger partial charge is 0.161 e. The van der Waals surface area contributed by atoms with Crippen LogP contribution in [0.15, 0.2) is 78.9 Å². The molecule has 1 aromatic heterocycles. The lowest BCUT2D eigenvalue weighted by atomic mass is 10.3. The Labute approximate surface area is 170 Å². The Bertz CT molecular complexity index is 1060. The number of para-hydroxylation sites is 5. The van der Waals surface area contributed by atoms with Crippen molar-refractivity contribution in [3.8, 4) is 17.2 Å². The van der Waals surface area contributed by atoms with Crippen LogP contribution in [0.25, 0.3) is 11.0 Å². The number of aromatic nitrogens is 2. The lowest BCUT2D eigenvalue weighted by Gasteiger charge is -2.14. The lowest BCUT2D eigenvalue weighted by molar-refractivity contribution is 0.257. The first kappa shape index (κ1) is 18.9. The minimum absolute atomic E-state index is 0.397. The molecule has 4 rings (SSSR count). The number of ether oxygens (including phenoxy) is 3. The maximum Gasteiger partial charge on any atom is 0.161 e. The normalized spacial score (nSPS) is 10.8. The molecule has 0 saturated heterocycles. The van der Waals surface area contributed by atoms with E-state index in [1.54, 1.807) is 0 Å². The van der Waals surface area contributed by atoms with Crippen LogP contribution >= 0.6 is 0 Å². The maximum absolute atomic E-state index is 6.02. The largest absolute Gasteiger partial charge is 0.490 e. The number of rotatable bonds is 9. The molecule has 0 unspecified atom stereocenters. The van der Waals surface area contributed by atoms with Gasteiger partial charge in [0.2, 0.25) is 0 Å². The van der Waals surface area contributed by atoms with Gasteiger partial charge in [0, 0.05) is 0 Å². The van der Waals surface area contributed by atoms with Crippen molar-refractivity contribution < 1.29 is 14.2 Å². The van der Waals surface area contributed by atoms with Gasteiger partial charge in [0.1, 0.15) is 24.8 Å². The van der Waals surface area contributed by atoms with Crippen LogP contribution in [-0.2, 0) is 13.2 Å². The van der Waals surface area contributed by atoms with Crippen LogP contribution in [0.1, 0.15) is 12.7 Å². The molecule has 0 aliphatic carbocycles. The van der Waals surface area contributed by atoms with Crippen LogP contribution in [0, 0.1) is 0 Å². The van der Waals surface area contributed by atoms with Crippen LogP contribution in [0.4, 0.5) is 0 Å². The van der Waals surface area contributed by atoms with Gasteiger partial charge in [-0.25, -0.2) is 4.98 Å². The molecule has 0 radical (unpaired) electrons. The molecule has 0 atom stereocenters.